The Labute approximate surface area is 157 Å². The van der Waals surface area contributed by atoms with Crippen molar-refractivity contribution in [3.05, 3.63) is 59.5 Å². The maximum Gasteiger partial charge on any atom is 0.251 e. The van der Waals surface area contributed by atoms with Crippen molar-refractivity contribution < 1.29 is 18.8 Å². The highest BCUT2D eigenvalue weighted by Crippen LogP contribution is 2.22. The van der Waals surface area contributed by atoms with Crippen LogP contribution in [-0.2, 0) is 22.7 Å². The molecule has 3 rings (SSSR count). The van der Waals surface area contributed by atoms with E-state index >= 15 is 0 Å². The van der Waals surface area contributed by atoms with Crippen molar-refractivity contribution >= 4 is 17.7 Å². The third kappa shape index (κ3) is 4.36. The lowest BCUT2D eigenvalue weighted by Crippen LogP contribution is -2.34. The molecule has 7 nitrogen and oxygen atoms in total. The lowest BCUT2D eigenvalue weighted by Gasteiger charge is -2.21. The summed E-state index contributed by atoms with van der Waals surface area (Å²) in [5.74, 6) is 0.129. The second kappa shape index (κ2) is 8.07. The zero-order chi connectivity index (χ0) is 19.4. The average molecular weight is 369 g/mol. The molecule has 3 amide bonds. The number of nitrogens with one attached hydrogen (secondary N) is 1. The highest BCUT2D eigenvalue weighted by atomic mass is 16.3. The van der Waals surface area contributed by atoms with Crippen LogP contribution < -0.4 is 5.32 Å². The standard InChI is InChI=1S/C20H23N3O4/c1-21-19(25)15-7-5-14(6-8-15)11-22(2)20(26)16-10-18(24)23(12-16)13-17-4-3-9-27-17/h3-9,16H,10-13H2,1-2H3,(H,21,25). The smallest absolute Gasteiger partial charge is 0.251 e. The maximum absolute atomic E-state index is 12.7. The van der Waals surface area contributed by atoms with Crippen molar-refractivity contribution in [1.29, 1.82) is 0 Å². The van der Waals surface area contributed by atoms with Gasteiger partial charge < -0.3 is 19.5 Å². The number of carbonyl (C=O) groups is 3. The highest BCUT2D eigenvalue weighted by molar-refractivity contribution is 5.94. The number of nitrogens with zero attached hydrogens (tertiary/aromatic N) is 2. The quantitative estimate of drug-likeness (QED) is 0.839. The Balaban J connectivity index is 1.57. The van der Waals surface area contributed by atoms with E-state index in [0.29, 0.717) is 31.0 Å². The van der Waals surface area contributed by atoms with Crippen molar-refractivity contribution in [3.63, 3.8) is 0 Å². The molecule has 1 N–H and O–H groups in total. The third-order valence-corrected chi connectivity index (χ3v) is 4.73. The summed E-state index contributed by atoms with van der Waals surface area (Å²) in [7, 11) is 3.31. The van der Waals surface area contributed by atoms with Crippen LogP contribution in [0.25, 0.3) is 0 Å². The van der Waals surface area contributed by atoms with Gasteiger partial charge in [-0.1, -0.05) is 12.1 Å². The van der Waals surface area contributed by atoms with Crippen molar-refractivity contribution in [2.24, 2.45) is 5.92 Å². The minimum absolute atomic E-state index is 0.0342. The molecule has 142 valence electrons. The fourth-order valence-corrected chi connectivity index (χ4v) is 3.25. The van der Waals surface area contributed by atoms with Gasteiger partial charge in [-0.2, -0.15) is 0 Å². The summed E-state index contributed by atoms with van der Waals surface area (Å²) in [6.07, 6.45) is 1.79. The van der Waals surface area contributed by atoms with Crippen LogP contribution in [0.5, 0.6) is 0 Å². The summed E-state index contributed by atoms with van der Waals surface area (Å²) in [5, 5.41) is 2.57. The molecule has 1 aromatic heterocycles. The molecule has 1 saturated heterocycles. The van der Waals surface area contributed by atoms with Crippen LogP contribution in [0, 0.1) is 5.92 Å². The van der Waals surface area contributed by atoms with Gasteiger partial charge in [0.1, 0.15) is 5.76 Å². The summed E-state index contributed by atoms with van der Waals surface area (Å²) in [6.45, 7) is 1.22. The predicted molar refractivity (Wildman–Crippen MR) is 98.5 cm³/mol. The van der Waals surface area contributed by atoms with Crippen molar-refractivity contribution in [2.45, 2.75) is 19.5 Å². The van der Waals surface area contributed by atoms with Crippen molar-refractivity contribution in [1.82, 2.24) is 15.1 Å². The molecular weight excluding hydrogens is 346 g/mol. The van der Waals surface area contributed by atoms with Gasteiger partial charge in [0.25, 0.3) is 5.91 Å². The molecule has 1 aromatic carbocycles. The first-order chi connectivity index (χ1) is 13.0. The van der Waals surface area contributed by atoms with E-state index in [9.17, 15) is 14.4 Å². The van der Waals surface area contributed by atoms with Gasteiger partial charge in [-0.05, 0) is 29.8 Å². The summed E-state index contributed by atoms with van der Waals surface area (Å²) in [5.41, 5.74) is 1.50. The molecule has 2 aromatic rings. The number of hydrogen-bond donors (Lipinski definition) is 1. The second-order valence-electron chi connectivity index (χ2n) is 6.73. The Morgan fingerprint density at radius 2 is 2.00 bits per heavy atom. The monoisotopic (exact) mass is 369 g/mol. The Hall–Kier alpha value is -3.09. The van der Waals surface area contributed by atoms with Crippen LogP contribution >= 0.6 is 0 Å². The Morgan fingerprint density at radius 1 is 1.26 bits per heavy atom. The van der Waals surface area contributed by atoms with E-state index in [-0.39, 0.29) is 30.1 Å². The van der Waals surface area contributed by atoms with E-state index in [1.807, 2.05) is 18.2 Å². The SMILES string of the molecule is CNC(=O)c1ccc(CN(C)C(=O)C2CC(=O)N(Cc3ccco3)C2)cc1. The Bertz CT molecular complexity index is 814. The molecule has 1 unspecified atom stereocenters. The lowest BCUT2D eigenvalue weighted by molar-refractivity contribution is -0.135. The number of amides is 3. The maximum atomic E-state index is 12.7. The summed E-state index contributed by atoms with van der Waals surface area (Å²) in [6, 6.07) is 10.7. The van der Waals surface area contributed by atoms with Crippen LogP contribution in [0.2, 0.25) is 0 Å². The number of likely N-dealkylation sites (tertiary alicyclic amines) is 1. The molecule has 1 aliphatic rings. The van der Waals surface area contributed by atoms with Crippen LogP contribution in [0.1, 0.15) is 28.1 Å². The number of rotatable bonds is 6. The molecular formula is C20H23N3O4. The highest BCUT2D eigenvalue weighted by Gasteiger charge is 2.36. The van der Waals surface area contributed by atoms with E-state index in [4.69, 9.17) is 4.42 Å². The Morgan fingerprint density at radius 3 is 2.63 bits per heavy atom. The second-order valence-corrected chi connectivity index (χ2v) is 6.73. The van der Waals surface area contributed by atoms with Gasteiger partial charge in [0.15, 0.2) is 0 Å². The number of furan rings is 1. The largest absolute Gasteiger partial charge is 0.467 e. The van der Waals surface area contributed by atoms with Crippen molar-refractivity contribution in [2.75, 3.05) is 20.6 Å². The molecule has 0 bridgehead atoms. The van der Waals surface area contributed by atoms with Gasteiger partial charge >= 0.3 is 0 Å². The van der Waals surface area contributed by atoms with E-state index in [1.54, 1.807) is 48.4 Å². The number of carbonyl (C=O) groups excluding carboxylic acids is 3. The first kappa shape index (κ1) is 18.7. The zero-order valence-electron chi connectivity index (χ0n) is 15.5. The van der Waals surface area contributed by atoms with E-state index < -0.39 is 0 Å². The summed E-state index contributed by atoms with van der Waals surface area (Å²) < 4.78 is 5.28. The van der Waals surface area contributed by atoms with Gasteiger partial charge in [0, 0.05) is 39.2 Å². The van der Waals surface area contributed by atoms with Crippen LogP contribution in [0.15, 0.2) is 47.1 Å². The average Bonchev–Trinajstić information content (AvgIpc) is 3.31. The van der Waals surface area contributed by atoms with Gasteiger partial charge in [0.05, 0.1) is 18.7 Å². The fraction of sp³-hybridized carbons (Fsp3) is 0.350. The first-order valence-electron chi connectivity index (χ1n) is 8.84. The molecule has 0 radical (unpaired) electrons. The third-order valence-electron chi connectivity index (χ3n) is 4.73. The van der Waals surface area contributed by atoms with E-state index in [0.717, 1.165) is 5.56 Å². The summed E-state index contributed by atoms with van der Waals surface area (Å²) >= 11 is 0. The molecule has 7 heteroatoms. The first-order valence-corrected chi connectivity index (χ1v) is 8.84. The summed E-state index contributed by atoms with van der Waals surface area (Å²) in [4.78, 5) is 39.8. The van der Waals surface area contributed by atoms with E-state index in [1.165, 1.54) is 0 Å². The van der Waals surface area contributed by atoms with Crippen LogP contribution in [-0.4, -0.2) is 48.2 Å². The number of hydrogen-bond acceptors (Lipinski definition) is 4. The normalized spacial score (nSPS) is 16.4. The zero-order valence-corrected chi connectivity index (χ0v) is 15.5. The number of benzene rings is 1. The van der Waals surface area contributed by atoms with Gasteiger partial charge in [0.2, 0.25) is 11.8 Å². The molecule has 0 spiro atoms. The molecule has 1 atom stereocenters. The topological polar surface area (TPSA) is 82.9 Å². The van der Waals surface area contributed by atoms with Gasteiger partial charge in [-0.25, -0.2) is 0 Å². The molecule has 27 heavy (non-hydrogen) atoms. The molecule has 0 saturated carbocycles. The lowest BCUT2D eigenvalue weighted by atomic mass is 10.1. The fourth-order valence-electron chi connectivity index (χ4n) is 3.25. The molecule has 1 aliphatic heterocycles. The van der Waals surface area contributed by atoms with Crippen molar-refractivity contribution in [3.8, 4) is 0 Å². The molecule has 1 fully saturated rings. The van der Waals surface area contributed by atoms with Crippen LogP contribution in [0.3, 0.4) is 0 Å². The minimum Gasteiger partial charge on any atom is -0.467 e. The Kier molecular flexibility index (Phi) is 5.59. The van der Waals surface area contributed by atoms with E-state index in [2.05, 4.69) is 5.32 Å². The predicted octanol–water partition coefficient (Wildman–Crippen LogP) is 1.65. The van der Waals surface area contributed by atoms with Crippen LogP contribution in [0.4, 0.5) is 0 Å². The molecule has 2 heterocycles. The minimum atomic E-state index is -0.345. The van der Waals surface area contributed by atoms with Gasteiger partial charge in [-0.15, -0.1) is 0 Å². The molecule has 0 aliphatic carbocycles. The van der Waals surface area contributed by atoms with Gasteiger partial charge in [-0.3, -0.25) is 14.4 Å².